The van der Waals surface area contributed by atoms with Crippen LogP contribution in [0.2, 0.25) is 0 Å². The molecule has 0 atom stereocenters. The number of aryl methyl sites for hydroxylation is 1. The highest BCUT2D eigenvalue weighted by atomic mass is 19.1. The third-order valence-electron chi connectivity index (χ3n) is 3.48. The number of aromatic nitrogens is 2. The highest BCUT2D eigenvalue weighted by molar-refractivity contribution is 6.02. The van der Waals surface area contributed by atoms with E-state index in [2.05, 4.69) is 4.98 Å². The molecule has 124 valence electrons. The van der Waals surface area contributed by atoms with Gasteiger partial charge in [0, 0.05) is 0 Å². The van der Waals surface area contributed by atoms with Gasteiger partial charge in [0.25, 0.3) is 5.56 Å². The van der Waals surface area contributed by atoms with E-state index in [1.807, 2.05) is 0 Å². The van der Waals surface area contributed by atoms with E-state index < -0.39 is 11.5 Å². The van der Waals surface area contributed by atoms with E-state index in [1.165, 1.54) is 42.1 Å². The summed E-state index contributed by atoms with van der Waals surface area (Å²) < 4.78 is 24.7. The molecule has 0 bridgehead atoms. The van der Waals surface area contributed by atoms with Gasteiger partial charge in [0.15, 0.2) is 0 Å². The number of rotatable bonds is 5. The molecule has 1 N–H and O–H groups in total. The van der Waals surface area contributed by atoms with Crippen molar-refractivity contribution >= 4 is 17.1 Å². The van der Waals surface area contributed by atoms with Gasteiger partial charge in [0.2, 0.25) is 5.71 Å². The number of carboxylic acid groups (broad SMARTS) is 1. The topological polar surface area (TPSA) is 94.6 Å². The molecule has 0 saturated carbocycles. The third-order valence-corrected chi connectivity index (χ3v) is 3.48. The minimum atomic E-state index is -1.24. The van der Waals surface area contributed by atoms with Crippen molar-refractivity contribution in [2.45, 2.75) is 13.5 Å². The second kappa shape index (κ2) is 6.15. The van der Waals surface area contributed by atoms with Crippen molar-refractivity contribution in [3.8, 4) is 5.75 Å². The number of nitrogens with zero attached hydrogens (tertiary/aromatic N) is 2. The summed E-state index contributed by atoms with van der Waals surface area (Å²) in [5.41, 5.74) is -0.709. The molecule has 8 heteroatoms. The molecule has 0 saturated heterocycles. The van der Waals surface area contributed by atoms with E-state index in [0.29, 0.717) is 5.75 Å². The quantitative estimate of drug-likeness (QED) is 0.770. The smallest absolute Gasteiger partial charge is 0.340 e. The van der Waals surface area contributed by atoms with Crippen molar-refractivity contribution < 1.29 is 23.4 Å². The van der Waals surface area contributed by atoms with Crippen LogP contribution in [0.25, 0.3) is 11.1 Å². The first-order valence-corrected chi connectivity index (χ1v) is 7.07. The van der Waals surface area contributed by atoms with Crippen LogP contribution in [0, 0.1) is 12.7 Å². The Bertz CT molecular complexity index is 959. The van der Waals surface area contributed by atoms with Crippen LogP contribution in [0.15, 0.2) is 39.8 Å². The van der Waals surface area contributed by atoms with Gasteiger partial charge in [-0.15, -0.1) is 0 Å². The van der Waals surface area contributed by atoms with Crippen molar-refractivity contribution in [1.82, 2.24) is 9.55 Å². The van der Waals surface area contributed by atoms with E-state index in [0.717, 1.165) is 0 Å². The molecule has 0 aliphatic rings. The predicted molar refractivity (Wildman–Crippen MR) is 81.9 cm³/mol. The number of furan rings is 1. The lowest BCUT2D eigenvalue weighted by Gasteiger charge is -2.07. The van der Waals surface area contributed by atoms with E-state index in [-0.39, 0.29) is 41.4 Å². The normalized spacial score (nSPS) is 10.9. The molecular weight excluding hydrogens is 319 g/mol. The summed E-state index contributed by atoms with van der Waals surface area (Å²) in [7, 11) is 0. The number of halogens is 1. The van der Waals surface area contributed by atoms with E-state index in [4.69, 9.17) is 9.15 Å². The third kappa shape index (κ3) is 2.85. The minimum Gasteiger partial charge on any atom is -0.492 e. The Hall–Kier alpha value is -3.16. The van der Waals surface area contributed by atoms with Crippen LogP contribution >= 0.6 is 0 Å². The lowest BCUT2D eigenvalue weighted by molar-refractivity contribution is 0.0697. The van der Waals surface area contributed by atoms with Crippen molar-refractivity contribution in [1.29, 1.82) is 0 Å². The fourth-order valence-corrected chi connectivity index (χ4v) is 2.35. The largest absolute Gasteiger partial charge is 0.492 e. The Balaban J connectivity index is 1.83. The molecule has 2 aromatic heterocycles. The van der Waals surface area contributed by atoms with Gasteiger partial charge in [-0.05, 0) is 31.2 Å². The van der Waals surface area contributed by atoms with Crippen molar-refractivity contribution in [3.05, 3.63) is 58.1 Å². The zero-order valence-electron chi connectivity index (χ0n) is 12.7. The maximum Gasteiger partial charge on any atom is 0.340 e. The Labute approximate surface area is 134 Å². The minimum absolute atomic E-state index is 0.00870. The number of hydrogen-bond acceptors (Lipinski definition) is 5. The zero-order valence-corrected chi connectivity index (χ0v) is 12.7. The number of hydrogen-bond donors (Lipinski definition) is 1. The zero-order chi connectivity index (χ0) is 17.3. The van der Waals surface area contributed by atoms with Crippen molar-refractivity contribution in [2.24, 2.45) is 0 Å². The molecule has 0 aliphatic carbocycles. The predicted octanol–water partition coefficient (Wildman–Crippen LogP) is 2.21. The summed E-state index contributed by atoms with van der Waals surface area (Å²) >= 11 is 0. The lowest BCUT2D eigenvalue weighted by Crippen LogP contribution is -2.24. The molecule has 3 aromatic rings. The number of carboxylic acids is 1. The molecule has 0 aliphatic heterocycles. The number of benzene rings is 1. The SMILES string of the molecule is Cc1oc2ncn(CCOc3ccc(F)cc3)c(=O)c2c1C(=O)O. The Kier molecular flexibility index (Phi) is 4.03. The molecule has 0 unspecified atom stereocenters. The fourth-order valence-electron chi connectivity index (χ4n) is 2.35. The van der Waals surface area contributed by atoms with E-state index >= 15 is 0 Å². The molecule has 1 aromatic carbocycles. The van der Waals surface area contributed by atoms with Crippen LogP contribution in [0.3, 0.4) is 0 Å². The summed E-state index contributed by atoms with van der Waals surface area (Å²) in [6, 6.07) is 5.48. The summed E-state index contributed by atoms with van der Waals surface area (Å²) in [5.74, 6) is -1.03. The van der Waals surface area contributed by atoms with Crippen LogP contribution in [0.4, 0.5) is 4.39 Å². The highest BCUT2D eigenvalue weighted by Gasteiger charge is 2.22. The van der Waals surface area contributed by atoms with E-state index in [1.54, 1.807) is 0 Å². The summed E-state index contributed by atoms with van der Waals surface area (Å²) in [6.07, 6.45) is 1.27. The van der Waals surface area contributed by atoms with Gasteiger partial charge in [-0.3, -0.25) is 9.36 Å². The number of aromatic carboxylic acids is 1. The molecule has 7 nitrogen and oxygen atoms in total. The van der Waals surface area contributed by atoms with E-state index in [9.17, 15) is 19.1 Å². The van der Waals surface area contributed by atoms with Crippen molar-refractivity contribution in [3.63, 3.8) is 0 Å². The van der Waals surface area contributed by atoms with Gasteiger partial charge in [0.1, 0.15) is 41.2 Å². The fraction of sp³-hybridized carbons (Fsp3) is 0.188. The number of carbonyl (C=O) groups is 1. The second-order valence-electron chi connectivity index (χ2n) is 5.06. The van der Waals surface area contributed by atoms with Gasteiger partial charge in [-0.25, -0.2) is 14.2 Å². The number of fused-ring (bicyclic) bond motifs is 1. The van der Waals surface area contributed by atoms with Crippen LogP contribution in [-0.2, 0) is 6.54 Å². The average molecular weight is 332 g/mol. The lowest BCUT2D eigenvalue weighted by atomic mass is 10.2. The molecule has 0 amide bonds. The number of ether oxygens (including phenoxy) is 1. The van der Waals surface area contributed by atoms with Gasteiger partial charge >= 0.3 is 5.97 Å². The summed E-state index contributed by atoms with van der Waals surface area (Å²) in [5, 5.41) is 9.16. The average Bonchev–Trinajstić information content (AvgIpc) is 2.88. The second-order valence-corrected chi connectivity index (χ2v) is 5.06. The van der Waals surface area contributed by atoms with Gasteiger partial charge < -0.3 is 14.3 Å². The first-order chi connectivity index (χ1) is 11.5. The molecule has 2 heterocycles. The van der Waals surface area contributed by atoms with Crippen LogP contribution in [-0.4, -0.2) is 27.2 Å². The highest BCUT2D eigenvalue weighted by Crippen LogP contribution is 2.20. The van der Waals surface area contributed by atoms with Gasteiger partial charge in [0.05, 0.1) is 6.54 Å². The molecule has 0 radical (unpaired) electrons. The summed E-state index contributed by atoms with van der Waals surface area (Å²) in [6.45, 7) is 1.76. The molecular formula is C16H13FN2O5. The monoisotopic (exact) mass is 332 g/mol. The van der Waals surface area contributed by atoms with Crippen LogP contribution in [0.1, 0.15) is 16.1 Å². The Morgan fingerprint density at radius 3 is 2.75 bits per heavy atom. The standard InChI is InChI=1S/C16H13FN2O5/c1-9-12(16(21)22)13-14(24-9)18-8-19(15(13)20)6-7-23-11-4-2-10(17)3-5-11/h2-5,8H,6-7H2,1H3,(H,21,22). The first kappa shape index (κ1) is 15.7. The first-order valence-electron chi connectivity index (χ1n) is 7.07. The Morgan fingerprint density at radius 1 is 1.38 bits per heavy atom. The van der Waals surface area contributed by atoms with Gasteiger partial charge in [-0.2, -0.15) is 0 Å². The molecule has 3 rings (SSSR count). The molecule has 0 spiro atoms. The summed E-state index contributed by atoms with van der Waals surface area (Å²) in [4.78, 5) is 27.7. The molecule has 0 fully saturated rings. The maximum atomic E-state index is 12.8. The van der Waals surface area contributed by atoms with Crippen molar-refractivity contribution in [2.75, 3.05) is 6.61 Å². The van der Waals surface area contributed by atoms with Crippen LogP contribution < -0.4 is 10.3 Å². The maximum absolute atomic E-state index is 12.8. The molecule has 24 heavy (non-hydrogen) atoms. The van der Waals surface area contributed by atoms with Crippen LogP contribution in [0.5, 0.6) is 5.75 Å². The Morgan fingerprint density at radius 2 is 2.08 bits per heavy atom. The van der Waals surface area contributed by atoms with Gasteiger partial charge in [-0.1, -0.05) is 0 Å².